The maximum Gasteiger partial charge on any atom is 0.188 e. The number of nitrogens with one attached hydrogen (secondary N) is 1. The molecule has 0 amide bonds. The number of pyridine rings is 1. The Morgan fingerprint density at radius 1 is 1.73 bits per heavy atom. The molecule has 0 saturated carbocycles. The standard InChI is InChI=1S/C10H14N4O/c1-2-4-12-7-8-3-5-13-9(6-8)10(11)14-15/h2-3,5-6,12,15H,1,4,7H2,(H2,11,14). The van der Waals surface area contributed by atoms with E-state index in [-0.39, 0.29) is 5.84 Å². The lowest BCUT2D eigenvalue weighted by Gasteiger charge is -2.03. The fraction of sp³-hybridized carbons (Fsp3) is 0.200. The van der Waals surface area contributed by atoms with E-state index in [1.54, 1.807) is 18.3 Å². The van der Waals surface area contributed by atoms with Crippen LogP contribution in [0.25, 0.3) is 0 Å². The van der Waals surface area contributed by atoms with Gasteiger partial charge < -0.3 is 16.3 Å². The molecular formula is C10H14N4O. The monoisotopic (exact) mass is 206 g/mol. The van der Waals surface area contributed by atoms with Gasteiger partial charge in [-0.05, 0) is 17.7 Å². The van der Waals surface area contributed by atoms with Crippen LogP contribution in [0.4, 0.5) is 0 Å². The molecule has 0 atom stereocenters. The first kappa shape index (κ1) is 11.2. The highest BCUT2D eigenvalue weighted by molar-refractivity contribution is 5.95. The molecule has 0 aliphatic heterocycles. The Labute approximate surface area is 88.3 Å². The minimum absolute atomic E-state index is 0.0144. The summed E-state index contributed by atoms with van der Waals surface area (Å²) in [6.45, 7) is 5.04. The average Bonchev–Trinajstić information content (AvgIpc) is 2.29. The Balaban J connectivity index is 2.70. The highest BCUT2D eigenvalue weighted by Gasteiger charge is 2.01. The molecule has 5 heteroatoms. The fourth-order valence-electron chi connectivity index (χ4n) is 1.09. The van der Waals surface area contributed by atoms with Crippen molar-refractivity contribution < 1.29 is 5.21 Å². The smallest absolute Gasteiger partial charge is 0.188 e. The number of hydrogen-bond acceptors (Lipinski definition) is 4. The van der Waals surface area contributed by atoms with E-state index >= 15 is 0 Å². The molecule has 0 unspecified atom stereocenters. The molecule has 0 saturated heterocycles. The van der Waals surface area contributed by atoms with Gasteiger partial charge in [-0.2, -0.15) is 0 Å². The van der Waals surface area contributed by atoms with E-state index in [4.69, 9.17) is 10.9 Å². The summed E-state index contributed by atoms with van der Waals surface area (Å²) in [5, 5.41) is 14.5. The van der Waals surface area contributed by atoms with Crippen molar-refractivity contribution in [1.29, 1.82) is 0 Å². The van der Waals surface area contributed by atoms with Gasteiger partial charge in [-0.15, -0.1) is 6.58 Å². The van der Waals surface area contributed by atoms with E-state index in [9.17, 15) is 0 Å². The van der Waals surface area contributed by atoms with Crippen molar-refractivity contribution in [3.63, 3.8) is 0 Å². The van der Waals surface area contributed by atoms with E-state index in [1.807, 2.05) is 6.07 Å². The number of nitrogens with zero attached hydrogens (tertiary/aromatic N) is 2. The van der Waals surface area contributed by atoms with Crippen molar-refractivity contribution in [2.75, 3.05) is 6.54 Å². The van der Waals surface area contributed by atoms with Crippen LogP contribution in [-0.4, -0.2) is 22.6 Å². The molecule has 0 aromatic carbocycles. The van der Waals surface area contributed by atoms with Crippen LogP contribution in [0.3, 0.4) is 0 Å². The van der Waals surface area contributed by atoms with Crippen LogP contribution in [0.1, 0.15) is 11.3 Å². The Bertz CT molecular complexity index is 362. The molecule has 1 aromatic rings. The van der Waals surface area contributed by atoms with Crippen molar-refractivity contribution in [1.82, 2.24) is 10.3 Å². The van der Waals surface area contributed by atoms with Crippen LogP contribution >= 0.6 is 0 Å². The predicted molar refractivity (Wildman–Crippen MR) is 58.7 cm³/mol. The maximum absolute atomic E-state index is 8.49. The molecule has 0 spiro atoms. The third kappa shape index (κ3) is 3.40. The minimum Gasteiger partial charge on any atom is -0.409 e. The van der Waals surface area contributed by atoms with Gasteiger partial charge in [0.15, 0.2) is 5.84 Å². The van der Waals surface area contributed by atoms with Crippen molar-refractivity contribution in [2.24, 2.45) is 10.9 Å². The Morgan fingerprint density at radius 2 is 2.53 bits per heavy atom. The van der Waals surface area contributed by atoms with Crippen LogP contribution < -0.4 is 11.1 Å². The van der Waals surface area contributed by atoms with Crippen LogP contribution in [0.15, 0.2) is 36.1 Å². The quantitative estimate of drug-likeness (QED) is 0.163. The molecule has 0 aliphatic carbocycles. The molecule has 5 nitrogen and oxygen atoms in total. The number of rotatable bonds is 5. The predicted octanol–water partition coefficient (Wildman–Crippen LogP) is 0.452. The summed E-state index contributed by atoms with van der Waals surface area (Å²) >= 11 is 0. The number of hydrogen-bond donors (Lipinski definition) is 3. The fourth-order valence-corrected chi connectivity index (χ4v) is 1.09. The van der Waals surface area contributed by atoms with Crippen molar-refractivity contribution in [3.05, 3.63) is 42.2 Å². The van der Waals surface area contributed by atoms with Gasteiger partial charge in [-0.1, -0.05) is 11.2 Å². The van der Waals surface area contributed by atoms with E-state index in [2.05, 4.69) is 22.0 Å². The zero-order chi connectivity index (χ0) is 11.1. The SMILES string of the molecule is C=CCNCc1ccnc(C(N)=NO)c1. The Morgan fingerprint density at radius 3 is 3.20 bits per heavy atom. The Kier molecular flexibility index (Phi) is 4.30. The molecule has 15 heavy (non-hydrogen) atoms. The van der Waals surface area contributed by atoms with Crippen LogP contribution in [0, 0.1) is 0 Å². The zero-order valence-corrected chi connectivity index (χ0v) is 8.35. The number of aromatic nitrogens is 1. The van der Waals surface area contributed by atoms with Gasteiger partial charge in [0.2, 0.25) is 0 Å². The van der Waals surface area contributed by atoms with Crippen molar-refractivity contribution in [3.8, 4) is 0 Å². The molecule has 4 N–H and O–H groups in total. The average molecular weight is 206 g/mol. The Hall–Kier alpha value is -1.88. The molecular weight excluding hydrogens is 192 g/mol. The van der Waals surface area contributed by atoms with E-state index in [1.165, 1.54) is 0 Å². The van der Waals surface area contributed by atoms with Gasteiger partial charge in [0.1, 0.15) is 5.69 Å². The first-order valence-electron chi connectivity index (χ1n) is 4.52. The summed E-state index contributed by atoms with van der Waals surface area (Å²) in [5.74, 6) is 0.0144. The molecule has 0 bridgehead atoms. The molecule has 0 fully saturated rings. The molecule has 80 valence electrons. The summed E-state index contributed by atoms with van der Waals surface area (Å²) in [4.78, 5) is 3.97. The second-order valence-electron chi connectivity index (χ2n) is 2.95. The van der Waals surface area contributed by atoms with Gasteiger partial charge in [-0.25, -0.2) is 0 Å². The number of oxime groups is 1. The first-order valence-corrected chi connectivity index (χ1v) is 4.52. The minimum atomic E-state index is 0.0144. The number of amidine groups is 1. The topological polar surface area (TPSA) is 83.5 Å². The summed E-state index contributed by atoms with van der Waals surface area (Å²) in [5.41, 5.74) is 6.91. The zero-order valence-electron chi connectivity index (χ0n) is 8.35. The first-order chi connectivity index (χ1) is 7.27. The summed E-state index contributed by atoms with van der Waals surface area (Å²) in [7, 11) is 0. The van der Waals surface area contributed by atoms with Crippen LogP contribution in [-0.2, 0) is 6.54 Å². The third-order valence-electron chi connectivity index (χ3n) is 1.81. The van der Waals surface area contributed by atoms with Crippen molar-refractivity contribution in [2.45, 2.75) is 6.54 Å². The second kappa shape index (κ2) is 5.77. The lowest BCUT2D eigenvalue weighted by atomic mass is 10.2. The van der Waals surface area contributed by atoms with E-state index in [0.717, 1.165) is 12.1 Å². The van der Waals surface area contributed by atoms with Gasteiger partial charge in [0.05, 0.1) is 0 Å². The van der Waals surface area contributed by atoms with E-state index < -0.39 is 0 Å². The third-order valence-corrected chi connectivity index (χ3v) is 1.81. The van der Waals surface area contributed by atoms with Gasteiger partial charge >= 0.3 is 0 Å². The molecule has 1 heterocycles. The highest BCUT2D eigenvalue weighted by atomic mass is 16.4. The lowest BCUT2D eigenvalue weighted by Crippen LogP contribution is -2.17. The summed E-state index contributed by atoms with van der Waals surface area (Å²) < 4.78 is 0. The lowest BCUT2D eigenvalue weighted by molar-refractivity contribution is 0.318. The van der Waals surface area contributed by atoms with Gasteiger partial charge in [0.25, 0.3) is 0 Å². The maximum atomic E-state index is 8.49. The molecule has 0 radical (unpaired) electrons. The van der Waals surface area contributed by atoms with Crippen molar-refractivity contribution >= 4 is 5.84 Å². The summed E-state index contributed by atoms with van der Waals surface area (Å²) in [6.07, 6.45) is 3.41. The van der Waals surface area contributed by atoms with Crippen LogP contribution in [0.2, 0.25) is 0 Å². The second-order valence-corrected chi connectivity index (χ2v) is 2.95. The largest absolute Gasteiger partial charge is 0.409 e. The van der Waals surface area contributed by atoms with Crippen LogP contribution in [0.5, 0.6) is 0 Å². The molecule has 1 aromatic heterocycles. The number of nitrogens with two attached hydrogens (primary N) is 1. The van der Waals surface area contributed by atoms with Gasteiger partial charge in [-0.3, -0.25) is 4.98 Å². The molecule has 1 rings (SSSR count). The van der Waals surface area contributed by atoms with E-state index in [0.29, 0.717) is 12.2 Å². The summed E-state index contributed by atoms with van der Waals surface area (Å²) in [6, 6.07) is 3.63. The molecule has 0 aliphatic rings. The normalized spacial score (nSPS) is 11.3. The van der Waals surface area contributed by atoms with Gasteiger partial charge in [0, 0.05) is 19.3 Å². The highest BCUT2D eigenvalue weighted by Crippen LogP contribution is 2.01.